The highest BCUT2D eigenvalue weighted by molar-refractivity contribution is 6.32. The van der Waals surface area contributed by atoms with Gasteiger partial charge >= 0.3 is 0 Å². The fourth-order valence-corrected chi connectivity index (χ4v) is 2.55. The maximum Gasteiger partial charge on any atom is 0.228 e. The summed E-state index contributed by atoms with van der Waals surface area (Å²) in [6, 6.07) is 5.40. The molecule has 0 aliphatic heterocycles. The summed E-state index contributed by atoms with van der Waals surface area (Å²) in [4.78, 5) is 23.9. The van der Waals surface area contributed by atoms with E-state index in [1.165, 1.54) is 7.11 Å². The van der Waals surface area contributed by atoms with Crippen molar-refractivity contribution >= 4 is 29.1 Å². The lowest BCUT2D eigenvalue weighted by molar-refractivity contribution is -0.125. The molecule has 5 nitrogen and oxygen atoms in total. The molecule has 2 saturated carbocycles. The molecular weight excluding hydrogens is 292 g/mol. The lowest BCUT2D eigenvalue weighted by atomic mass is 10.2. The second-order valence-electron chi connectivity index (χ2n) is 5.57. The van der Waals surface area contributed by atoms with Gasteiger partial charge in [0.05, 0.1) is 24.0 Å². The van der Waals surface area contributed by atoms with Crippen LogP contribution in [0, 0.1) is 11.8 Å². The third kappa shape index (κ3) is 3.29. The van der Waals surface area contributed by atoms with E-state index in [4.69, 9.17) is 16.3 Å². The van der Waals surface area contributed by atoms with Crippen LogP contribution in [0.5, 0.6) is 5.75 Å². The minimum Gasteiger partial charge on any atom is -0.495 e. The van der Waals surface area contributed by atoms with Crippen molar-refractivity contribution in [2.75, 3.05) is 12.4 Å². The summed E-state index contributed by atoms with van der Waals surface area (Å²) in [7, 11) is 1.53. The van der Waals surface area contributed by atoms with Crippen LogP contribution in [0.4, 0.5) is 5.69 Å². The summed E-state index contributed by atoms with van der Waals surface area (Å²) in [5.74, 6) is 0.0179. The van der Waals surface area contributed by atoms with Gasteiger partial charge in [-0.1, -0.05) is 11.6 Å². The smallest absolute Gasteiger partial charge is 0.228 e. The molecule has 21 heavy (non-hydrogen) atoms. The molecule has 0 bridgehead atoms. The number of anilines is 1. The van der Waals surface area contributed by atoms with Crippen LogP contribution in [0.1, 0.15) is 19.3 Å². The first kappa shape index (κ1) is 14.2. The van der Waals surface area contributed by atoms with Gasteiger partial charge in [0.25, 0.3) is 0 Å². The summed E-state index contributed by atoms with van der Waals surface area (Å²) >= 11 is 6.01. The Labute approximate surface area is 128 Å². The van der Waals surface area contributed by atoms with Crippen LogP contribution < -0.4 is 15.4 Å². The fraction of sp³-hybridized carbons (Fsp3) is 0.467. The molecule has 1 aromatic carbocycles. The zero-order chi connectivity index (χ0) is 15.0. The Morgan fingerprint density at radius 2 is 1.95 bits per heavy atom. The zero-order valence-corrected chi connectivity index (χ0v) is 12.4. The number of rotatable bonds is 5. The Balaban J connectivity index is 1.55. The van der Waals surface area contributed by atoms with Crippen molar-refractivity contribution in [1.82, 2.24) is 5.32 Å². The average Bonchev–Trinajstić information content (AvgIpc) is 3.32. The maximum absolute atomic E-state index is 12.1. The molecule has 0 saturated heterocycles. The number of benzene rings is 1. The molecule has 2 aliphatic carbocycles. The van der Waals surface area contributed by atoms with Crippen molar-refractivity contribution < 1.29 is 14.3 Å². The third-order valence-electron chi connectivity index (χ3n) is 3.81. The lowest BCUT2D eigenvalue weighted by Gasteiger charge is -2.08. The van der Waals surface area contributed by atoms with Crippen molar-refractivity contribution in [2.24, 2.45) is 11.8 Å². The molecule has 2 unspecified atom stereocenters. The van der Waals surface area contributed by atoms with E-state index in [9.17, 15) is 9.59 Å². The Morgan fingerprint density at radius 3 is 2.57 bits per heavy atom. The Morgan fingerprint density at radius 1 is 1.24 bits per heavy atom. The molecule has 112 valence electrons. The van der Waals surface area contributed by atoms with E-state index >= 15 is 0 Å². The molecule has 0 radical (unpaired) electrons. The van der Waals surface area contributed by atoms with Crippen LogP contribution >= 0.6 is 11.6 Å². The number of nitrogens with one attached hydrogen (secondary N) is 2. The van der Waals surface area contributed by atoms with Gasteiger partial charge in [0.1, 0.15) is 5.75 Å². The van der Waals surface area contributed by atoms with E-state index in [0.717, 1.165) is 12.8 Å². The predicted molar refractivity (Wildman–Crippen MR) is 79.4 cm³/mol. The van der Waals surface area contributed by atoms with Crippen molar-refractivity contribution in [1.29, 1.82) is 0 Å². The summed E-state index contributed by atoms with van der Waals surface area (Å²) in [5.41, 5.74) is 0.610. The molecular formula is C15H17ClN2O3. The molecule has 2 aliphatic rings. The average molecular weight is 309 g/mol. The van der Waals surface area contributed by atoms with E-state index in [1.807, 2.05) is 0 Å². The van der Waals surface area contributed by atoms with Gasteiger partial charge in [-0.2, -0.15) is 0 Å². The highest BCUT2D eigenvalue weighted by atomic mass is 35.5. The van der Waals surface area contributed by atoms with E-state index < -0.39 is 0 Å². The van der Waals surface area contributed by atoms with Gasteiger partial charge in [0.2, 0.25) is 11.8 Å². The van der Waals surface area contributed by atoms with Crippen molar-refractivity contribution in [2.45, 2.75) is 25.3 Å². The van der Waals surface area contributed by atoms with Crippen LogP contribution in [0.2, 0.25) is 5.02 Å². The molecule has 2 fully saturated rings. The summed E-state index contributed by atoms with van der Waals surface area (Å²) in [6.07, 6.45) is 2.73. The highest BCUT2D eigenvalue weighted by Crippen LogP contribution is 2.40. The maximum atomic E-state index is 12.1. The minimum absolute atomic E-state index is 0.00501. The van der Waals surface area contributed by atoms with E-state index in [-0.39, 0.29) is 23.7 Å². The first-order valence-electron chi connectivity index (χ1n) is 7.03. The van der Waals surface area contributed by atoms with Crippen molar-refractivity contribution in [3.05, 3.63) is 23.2 Å². The van der Waals surface area contributed by atoms with E-state index in [0.29, 0.717) is 28.9 Å². The number of ether oxygens (including phenoxy) is 1. The Kier molecular flexibility index (Phi) is 3.76. The largest absolute Gasteiger partial charge is 0.495 e. The predicted octanol–water partition coefficient (Wildman–Crippen LogP) is 2.20. The Hall–Kier alpha value is -1.75. The molecule has 1 aromatic rings. The van der Waals surface area contributed by atoms with Gasteiger partial charge in [-0.3, -0.25) is 9.59 Å². The van der Waals surface area contributed by atoms with Gasteiger partial charge in [-0.15, -0.1) is 0 Å². The number of hydrogen-bond acceptors (Lipinski definition) is 3. The van der Waals surface area contributed by atoms with Gasteiger partial charge < -0.3 is 15.4 Å². The second kappa shape index (κ2) is 5.56. The van der Waals surface area contributed by atoms with Crippen molar-refractivity contribution in [3.8, 4) is 5.75 Å². The van der Waals surface area contributed by atoms with Crippen LogP contribution in [-0.2, 0) is 9.59 Å². The zero-order valence-electron chi connectivity index (χ0n) is 11.7. The van der Waals surface area contributed by atoms with Crippen LogP contribution in [0.3, 0.4) is 0 Å². The molecule has 0 heterocycles. The number of halogens is 1. The molecule has 0 aromatic heterocycles. The summed E-state index contributed by atoms with van der Waals surface area (Å²) in [5, 5.41) is 6.16. The normalized spacial score (nSPS) is 23.3. The summed E-state index contributed by atoms with van der Waals surface area (Å²) < 4.78 is 5.06. The first-order chi connectivity index (χ1) is 10.1. The van der Waals surface area contributed by atoms with Gasteiger partial charge in [-0.25, -0.2) is 0 Å². The Bertz CT molecular complexity index is 586. The number of methoxy groups -OCH3 is 1. The van der Waals surface area contributed by atoms with E-state index in [2.05, 4.69) is 10.6 Å². The molecule has 2 atom stereocenters. The number of amides is 2. The third-order valence-corrected chi connectivity index (χ3v) is 4.10. The minimum atomic E-state index is -0.232. The van der Waals surface area contributed by atoms with Crippen LogP contribution in [0.25, 0.3) is 0 Å². The van der Waals surface area contributed by atoms with Gasteiger partial charge in [-0.05, 0) is 37.5 Å². The first-order valence-corrected chi connectivity index (χ1v) is 7.41. The monoisotopic (exact) mass is 308 g/mol. The standard InChI is InChI=1S/C15H17ClN2O3/c1-21-13-5-4-9(6-12(13)16)18-15(20)11-7-10(11)14(19)17-8-2-3-8/h4-6,8,10-11H,2-3,7H2,1H3,(H,17,19)(H,18,20). The molecule has 6 heteroatoms. The molecule has 2 amide bonds. The number of hydrogen-bond donors (Lipinski definition) is 2. The van der Waals surface area contributed by atoms with Crippen LogP contribution in [0.15, 0.2) is 18.2 Å². The number of carbonyl (C=O) groups is 2. The molecule has 2 N–H and O–H groups in total. The molecule has 3 rings (SSSR count). The summed E-state index contributed by atoms with van der Waals surface area (Å²) in [6.45, 7) is 0. The van der Waals surface area contributed by atoms with Gasteiger partial charge in [0, 0.05) is 11.7 Å². The van der Waals surface area contributed by atoms with Crippen LogP contribution in [-0.4, -0.2) is 25.0 Å². The van der Waals surface area contributed by atoms with Crippen molar-refractivity contribution in [3.63, 3.8) is 0 Å². The highest BCUT2D eigenvalue weighted by Gasteiger charge is 2.48. The SMILES string of the molecule is COc1ccc(NC(=O)C2CC2C(=O)NC2CC2)cc1Cl. The second-order valence-corrected chi connectivity index (χ2v) is 5.98. The fourth-order valence-electron chi connectivity index (χ4n) is 2.29. The van der Waals surface area contributed by atoms with E-state index in [1.54, 1.807) is 18.2 Å². The topological polar surface area (TPSA) is 67.4 Å². The quantitative estimate of drug-likeness (QED) is 0.876. The number of carbonyl (C=O) groups excluding carboxylic acids is 2. The lowest BCUT2D eigenvalue weighted by Crippen LogP contribution is -2.29. The molecule has 0 spiro atoms. The van der Waals surface area contributed by atoms with Gasteiger partial charge in [0.15, 0.2) is 0 Å².